The molecular weight excluding hydrogens is 530 g/mol. The minimum Gasteiger partial charge on any atom is -0.487 e. The van der Waals surface area contributed by atoms with E-state index >= 15 is 0 Å². The van der Waals surface area contributed by atoms with Crippen LogP contribution in [0.5, 0.6) is 5.75 Å². The molecule has 5 rings (SSSR count). The quantitative estimate of drug-likeness (QED) is 0.350. The van der Waals surface area contributed by atoms with Gasteiger partial charge in [0, 0.05) is 45.5 Å². The maximum absolute atomic E-state index is 14.2. The van der Waals surface area contributed by atoms with Crippen molar-refractivity contribution in [3.63, 3.8) is 0 Å². The number of nitrogens with zero attached hydrogens (tertiary/aromatic N) is 4. The lowest BCUT2D eigenvalue weighted by Crippen LogP contribution is -2.56. The van der Waals surface area contributed by atoms with E-state index < -0.39 is 22.6 Å². The van der Waals surface area contributed by atoms with Crippen LogP contribution in [0.2, 0.25) is 0 Å². The highest BCUT2D eigenvalue weighted by Crippen LogP contribution is 2.38. The van der Waals surface area contributed by atoms with Gasteiger partial charge in [-0.2, -0.15) is 0 Å². The van der Waals surface area contributed by atoms with E-state index in [-0.39, 0.29) is 41.5 Å². The van der Waals surface area contributed by atoms with E-state index in [1.54, 1.807) is 18.2 Å². The van der Waals surface area contributed by atoms with Crippen LogP contribution in [0.3, 0.4) is 0 Å². The Morgan fingerprint density at radius 1 is 1.21 bits per heavy atom. The first-order valence-electron chi connectivity index (χ1n) is 12.9. The van der Waals surface area contributed by atoms with Gasteiger partial charge >= 0.3 is 0 Å². The summed E-state index contributed by atoms with van der Waals surface area (Å²) in [6.07, 6.45) is 3.98. The third-order valence-electron chi connectivity index (χ3n) is 7.10. The van der Waals surface area contributed by atoms with Crippen molar-refractivity contribution in [1.82, 2.24) is 19.7 Å². The highest BCUT2D eigenvalue weighted by molar-refractivity contribution is 7.14. The predicted octanol–water partition coefficient (Wildman–Crippen LogP) is 3.63. The Morgan fingerprint density at radius 2 is 2.05 bits per heavy atom. The molecule has 0 bridgehead atoms. The Kier molecular flexibility index (Phi) is 8.06. The summed E-state index contributed by atoms with van der Waals surface area (Å²) in [7, 11) is 1.58. The Balaban J connectivity index is 1.60. The Bertz CT molecular complexity index is 1420. The number of aromatic nitrogens is 3. The molecule has 0 radical (unpaired) electrons. The number of pyridine rings is 1. The lowest BCUT2D eigenvalue weighted by atomic mass is 9.92. The predicted molar refractivity (Wildman–Crippen MR) is 140 cm³/mol. The molecule has 1 fully saturated rings. The van der Waals surface area contributed by atoms with Crippen molar-refractivity contribution < 1.29 is 27.8 Å². The van der Waals surface area contributed by atoms with Crippen LogP contribution in [-0.2, 0) is 21.4 Å². The highest BCUT2D eigenvalue weighted by Gasteiger charge is 2.47. The van der Waals surface area contributed by atoms with Crippen LogP contribution < -0.4 is 10.2 Å². The van der Waals surface area contributed by atoms with Crippen molar-refractivity contribution in [2.75, 3.05) is 46.6 Å². The minimum absolute atomic E-state index is 0.0133. The van der Waals surface area contributed by atoms with Crippen LogP contribution in [0.25, 0.3) is 10.6 Å². The second-order valence-corrected chi connectivity index (χ2v) is 10.8. The smallest absolute Gasteiger partial charge is 0.274 e. The summed E-state index contributed by atoms with van der Waals surface area (Å²) < 4.78 is 46.4. The third kappa shape index (κ3) is 5.32. The van der Waals surface area contributed by atoms with Gasteiger partial charge in [0.2, 0.25) is 5.43 Å². The van der Waals surface area contributed by atoms with Crippen LogP contribution in [0.1, 0.15) is 47.2 Å². The van der Waals surface area contributed by atoms with Gasteiger partial charge < -0.3 is 23.7 Å². The summed E-state index contributed by atoms with van der Waals surface area (Å²) in [5, 5.41) is 9.19. The van der Waals surface area contributed by atoms with Crippen molar-refractivity contribution in [2.24, 2.45) is 0 Å². The van der Waals surface area contributed by atoms with Crippen molar-refractivity contribution in [3.05, 3.63) is 62.5 Å². The molecule has 0 saturated carbocycles. The first-order valence-corrected chi connectivity index (χ1v) is 13.7. The average molecular weight is 561 g/mol. The maximum atomic E-state index is 14.2. The molecule has 2 aliphatic heterocycles. The van der Waals surface area contributed by atoms with Crippen molar-refractivity contribution in [3.8, 4) is 16.3 Å². The molecule has 1 saturated heterocycles. The van der Waals surface area contributed by atoms with Crippen LogP contribution in [-0.4, -0.2) is 72.2 Å². The molecule has 4 heterocycles. The van der Waals surface area contributed by atoms with Gasteiger partial charge in [-0.25, -0.2) is 8.78 Å². The zero-order chi connectivity index (χ0) is 27.6. The van der Waals surface area contributed by atoms with Crippen LogP contribution in [0, 0.1) is 11.6 Å². The fourth-order valence-electron chi connectivity index (χ4n) is 4.98. The third-order valence-corrected chi connectivity index (χ3v) is 8.05. The van der Waals surface area contributed by atoms with Gasteiger partial charge in [0.05, 0.1) is 30.9 Å². The molecule has 1 unspecified atom stereocenters. The van der Waals surface area contributed by atoms with Crippen molar-refractivity contribution in [1.29, 1.82) is 0 Å². The van der Waals surface area contributed by atoms with E-state index in [0.29, 0.717) is 55.8 Å². The van der Waals surface area contributed by atoms with Crippen LogP contribution in [0.4, 0.5) is 8.78 Å². The fourth-order valence-corrected chi connectivity index (χ4v) is 5.85. The molecule has 12 heteroatoms. The summed E-state index contributed by atoms with van der Waals surface area (Å²) in [5.41, 5.74) is -0.311. The molecule has 9 nitrogen and oxygen atoms in total. The monoisotopic (exact) mass is 560 g/mol. The molecule has 2 aliphatic rings. The normalized spacial score (nSPS) is 18.7. The lowest BCUT2D eigenvalue weighted by Gasteiger charge is -2.43. The number of carbonyl (C=O) groups is 1. The lowest BCUT2D eigenvalue weighted by molar-refractivity contribution is 0.0423. The number of carbonyl (C=O) groups excluding carboxylic acids is 1. The van der Waals surface area contributed by atoms with E-state index in [1.807, 2.05) is 11.5 Å². The van der Waals surface area contributed by atoms with Gasteiger partial charge in [0.1, 0.15) is 16.6 Å². The number of halogens is 2. The fraction of sp³-hybridized carbons (Fsp3) is 0.481. The number of hydrogen-bond acceptors (Lipinski definition) is 8. The summed E-state index contributed by atoms with van der Waals surface area (Å²) in [6, 6.07) is 3.37. The minimum atomic E-state index is -0.674. The maximum Gasteiger partial charge on any atom is 0.274 e. The number of benzene rings is 1. The van der Waals surface area contributed by atoms with Crippen molar-refractivity contribution >= 4 is 17.2 Å². The molecule has 1 atom stereocenters. The van der Waals surface area contributed by atoms with Crippen molar-refractivity contribution in [2.45, 2.75) is 38.1 Å². The van der Waals surface area contributed by atoms with E-state index in [2.05, 4.69) is 10.2 Å². The van der Waals surface area contributed by atoms with Crippen LogP contribution >= 0.6 is 11.3 Å². The van der Waals surface area contributed by atoms with Gasteiger partial charge in [-0.05, 0) is 24.5 Å². The Morgan fingerprint density at radius 3 is 2.77 bits per heavy atom. The molecule has 1 spiro atoms. The van der Waals surface area contributed by atoms with Gasteiger partial charge in [0.15, 0.2) is 16.5 Å². The standard InChI is InChI=1S/C27H30F2N4O5S/c1-3-4-9-38-24-22-26(35)32(8-11-36-2)15-27(7-10-37-16-27)33(22)14-19(23(24)34)25-31-30-21(39-25)12-17-5-6-18(28)13-20(17)29/h5-6,13-14H,3-4,7-12,15-16H2,1-2H3. The molecule has 208 valence electrons. The number of methoxy groups -OCH3 is 1. The first kappa shape index (κ1) is 27.4. The molecule has 2 aromatic heterocycles. The molecule has 0 N–H and O–H groups in total. The summed E-state index contributed by atoms with van der Waals surface area (Å²) in [5.74, 6) is -1.65. The van der Waals surface area contributed by atoms with E-state index in [9.17, 15) is 18.4 Å². The van der Waals surface area contributed by atoms with Gasteiger partial charge in [-0.3, -0.25) is 9.59 Å². The zero-order valence-electron chi connectivity index (χ0n) is 21.9. The SMILES string of the molecule is CCCCOc1c2n(cc(-c3nnc(Cc4ccc(F)cc4F)s3)c1=O)C1(CCOC1)CN(CCOC)C2=O. The molecule has 39 heavy (non-hydrogen) atoms. The van der Waals surface area contributed by atoms with Gasteiger partial charge in [0.25, 0.3) is 5.91 Å². The van der Waals surface area contributed by atoms with E-state index in [0.717, 1.165) is 23.8 Å². The number of unbranched alkanes of at least 4 members (excludes halogenated alkanes) is 1. The molecule has 1 aromatic carbocycles. The number of ether oxygens (including phenoxy) is 3. The molecule has 3 aromatic rings. The van der Waals surface area contributed by atoms with Gasteiger partial charge in [-0.1, -0.05) is 30.7 Å². The molecular formula is C27H30F2N4O5S. The average Bonchev–Trinajstić information content (AvgIpc) is 3.58. The van der Waals surface area contributed by atoms with Gasteiger partial charge in [-0.15, -0.1) is 10.2 Å². The zero-order valence-corrected chi connectivity index (χ0v) is 22.7. The number of fused-ring (bicyclic) bond motifs is 2. The number of amides is 1. The topological polar surface area (TPSA) is 95.8 Å². The van der Waals surface area contributed by atoms with Crippen LogP contribution in [0.15, 0.2) is 29.2 Å². The number of hydrogen-bond donors (Lipinski definition) is 0. The van der Waals surface area contributed by atoms with E-state index in [1.165, 1.54) is 12.1 Å². The summed E-state index contributed by atoms with van der Waals surface area (Å²) in [4.78, 5) is 29.2. The summed E-state index contributed by atoms with van der Waals surface area (Å²) in [6.45, 7) is 4.33. The first-order chi connectivity index (χ1) is 18.9. The molecule has 0 aliphatic carbocycles. The number of rotatable bonds is 10. The highest BCUT2D eigenvalue weighted by atomic mass is 32.1. The Hall–Kier alpha value is -3.22. The molecule has 1 amide bonds. The largest absolute Gasteiger partial charge is 0.487 e. The summed E-state index contributed by atoms with van der Waals surface area (Å²) >= 11 is 1.14. The van der Waals surface area contributed by atoms with E-state index in [4.69, 9.17) is 14.2 Å². The Labute approximate surface area is 228 Å². The second kappa shape index (κ2) is 11.5. The second-order valence-electron chi connectivity index (χ2n) is 9.78.